The monoisotopic (exact) mass is 980 g/mol. The second-order valence-electron chi connectivity index (χ2n) is 16.8. The Labute approximate surface area is 396 Å². The number of carbonyl (C=O) groups excluding carboxylic acids is 5. The summed E-state index contributed by atoms with van der Waals surface area (Å²) < 4.78 is 67.2. The number of nitrogens with zero attached hydrogens (tertiary/aromatic N) is 9. The van der Waals surface area contributed by atoms with Crippen LogP contribution in [-0.4, -0.2) is 120 Å². The van der Waals surface area contributed by atoms with Crippen molar-refractivity contribution in [2.75, 3.05) is 13.1 Å². The van der Waals surface area contributed by atoms with Gasteiger partial charge in [0.15, 0.2) is 11.3 Å². The summed E-state index contributed by atoms with van der Waals surface area (Å²) in [6.07, 6.45) is 7.04. The van der Waals surface area contributed by atoms with Crippen molar-refractivity contribution < 1.29 is 50.3 Å². The maximum absolute atomic E-state index is 13.3. The summed E-state index contributed by atoms with van der Waals surface area (Å²) in [6, 6.07) is 15.1. The molecule has 0 unspecified atom stereocenters. The van der Waals surface area contributed by atoms with E-state index in [4.69, 9.17) is 9.47 Å². The minimum Gasteiger partial charge on any atom is -0.461 e. The molecule has 0 aliphatic carbocycles. The number of aromatic nitrogens is 7. The molecule has 7 aromatic rings. The maximum atomic E-state index is 13.3. The molecule has 2 aliphatic rings. The average molecular weight is 981 g/mol. The Bertz CT molecular complexity index is 3390. The van der Waals surface area contributed by atoms with E-state index in [9.17, 15) is 40.8 Å². The quantitative estimate of drug-likeness (QED) is 0.192. The minimum absolute atomic E-state index is 0.0259. The van der Waals surface area contributed by atoms with Crippen molar-refractivity contribution in [2.45, 2.75) is 95.0 Å². The zero-order valence-electron chi connectivity index (χ0n) is 38.3. The number of aryl methyl sites for hydroxylation is 2. The third-order valence-electron chi connectivity index (χ3n) is 11.8. The zero-order valence-corrected chi connectivity index (χ0v) is 40.0. The lowest BCUT2D eigenvalue weighted by Gasteiger charge is -2.22. The lowest BCUT2D eigenvalue weighted by atomic mass is 10.2. The van der Waals surface area contributed by atoms with Crippen LogP contribution < -0.4 is 5.32 Å². The number of carbonyl (C=O) groups is 5. The fourth-order valence-electron chi connectivity index (χ4n) is 8.56. The second-order valence-corrected chi connectivity index (χ2v) is 20.4. The van der Waals surface area contributed by atoms with Gasteiger partial charge in [-0.1, -0.05) is 35.4 Å². The van der Waals surface area contributed by atoms with E-state index in [-0.39, 0.29) is 59.0 Å². The Morgan fingerprint density at radius 1 is 0.652 bits per heavy atom. The summed E-state index contributed by atoms with van der Waals surface area (Å²) in [5.74, 6) is -1.20. The van der Waals surface area contributed by atoms with E-state index in [0.29, 0.717) is 34.5 Å². The van der Waals surface area contributed by atoms with Crippen molar-refractivity contribution in [3.8, 4) is 0 Å². The zero-order chi connectivity index (χ0) is 49.5. The summed E-state index contributed by atoms with van der Waals surface area (Å²) in [5, 5.41) is 2.73. The van der Waals surface area contributed by atoms with Crippen LogP contribution in [0.4, 0.5) is 0 Å². The van der Waals surface area contributed by atoms with Crippen molar-refractivity contribution in [1.29, 1.82) is 0 Å². The van der Waals surface area contributed by atoms with E-state index >= 15 is 0 Å². The molecule has 360 valence electrons. The SMILES string of the molecule is CC(=O)O[C@@H]1C[C@H](C(=O)NCc2cnc3c(ccn3S(=O)(=O)c3ccc(C)cc3)n2)N(C(C)=O)C1.CC(=O)O[C@@H]1C[C@H](c2ncc3cnc4c(ccn4S(=O)(=O)c4ccc(C)cc4)n23)N(C(C)=O)C1. The fourth-order valence-corrected chi connectivity index (χ4v) is 11.1. The van der Waals surface area contributed by atoms with Crippen molar-refractivity contribution in [1.82, 2.24) is 47.4 Å². The number of ether oxygens (including phenoxy) is 2. The summed E-state index contributed by atoms with van der Waals surface area (Å²) in [6.45, 7) is 9.63. The van der Waals surface area contributed by atoms with Gasteiger partial charge in [0.05, 0.1) is 70.8 Å². The highest BCUT2D eigenvalue weighted by molar-refractivity contribution is 7.90. The molecule has 2 aliphatic heterocycles. The minimum atomic E-state index is -3.87. The summed E-state index contributed by atoms with van der Waals surface area (Å²) >= 11 is 0. The Morgan fingerprint density at radius 3 is 1.75 bits per heavy atom. The largest absolute Gasteiger partial charge is 0.461 e. The first kappa shape index (κ1) is 47.9. The predicted molar refractivity (Wildman–Crippen MR) is 247 cm³/mol. The van der Waals surface area contributed by atoms with E-state index < -0.39 is 62.2 Å². The summed E-state index contributed by atoms with van der Waals surface area (Å²) in [4.78, 5) is 80.7. The maximum Gasteiger partial charge on any atom is 0.302 e. The van der Waals surface area contributed by atoms with E-state index in [2.05, 4.69) is 25.3 Å². The molecule has 2 aromatic carbocycles. The lowest BCUT2D eigenvalue weighted by Crippen LogP contribution is -2.45. The first-order valence-corrected chi connectivity index (χ1v) is 24.6. The molecule has 21 nitrogen and oxygen atoms in total. The number of rotatable bonds is 10. The molecule has 1 N–H and O–H groups in total. The van der Waals surface area contributed by atoms with Crippen LogP contribution in [0, 0.1) is 13.8 Å². The van der Waals surface area contributed by atoms with E-state index in [1.54, 1.807) is 64.2 Å². The van der Waals surface area contributed by atoms with Gasteiger partial charge in [0, 0.05) is 52.9 Å². The van der Waals surface area contributed by atoms with Crippen molar-refractivity contribution in [3.63, 3.8) is 0 Å². The summed E-state index contributed by atoms with van der Waals surface area (Å²) in [7, 11) is -7.72. The Morgan fingerprint density at radius 2 is 1.17 bits per heavy atom. The second kappa shape index (κ2) is 18.9. The third kappa shape index (κ3) is 9.64. The highest BCUT2D eigenvalue weighted by Gasteiger charge is 2.41. The van der Waals surface area contributed by atoms with Gasteiger partial charge in [-0.2, -0.15) is 0 Å². The molecular formula is C46H48N10O11S2. The average Bonchev–Trinajstić information content (AvgIpc) is 4.14. The van der Waals surface area contributed by atoms with Gasteiger partial charge in [0.1, 0.15) is 29.6 Å². The molecular weight excluding hydrogens is 933 g/mol. The molecule has 0 spiro atoms. The van der Waals surface area contributed by atoms with Gasteiger partial charge in [0.2, 0.25) is 17.7 Å². The highest BCUT2D eigenvalue weighted by atomic mass is 32.2. The molecule has 0 bridgehead atoms. The van der Waals surface area contributed by atoms with Crippen LogP contribution in [0.3, 0.4) is 0 Å². The van der Waals surface area contributed by atoms with Crippen LogP contribution in [0.2, 0.25) is 0 Å². The summed E-state index contributed by atoms with van der Waals surface area (Å²) in [5.41, 5.74) is 4.29. The molecule has 7 heterocycles. The molecule has 2 saturated heterocycles. The van der Waals surface area contributed by atoms with E-state index in [1.165, 1.54) is 69.4 Å². The molecule has 5 aromatic heterocycles. The van der Waals surface area contributed by atoms with Gasteiger partial charge in [-0.05, 0) is 50.2 Å². The predicted octanol–water partition coefficient (Wildman–Crippen LogP) is 3.60. The van der Waals surface area contributed by atoms with Crippen LogP contribution >= 0.6 is 0 Å². The van der Waals surface area contributed by atoms with Crippen LogP contribution in [-0.2, 0) is 60.0 Å². The molecule has 69 heavy (non-hydrogen) atoms. The topological polar surface area (TPSA) is 256 Å². The van der Waals surface area contributed by atoms with E-state index in [1.807, 2.05) is 13.8 Å². The number of nitrogens with one attached hydrogen (secondary N) is 1. The third-order valence-corrected chi connectivity index (χ3v) is 15.1. The smallest absolute Gasteiger partial charge is 0.302 e. The number of imidazole rings is 1. The van der Waals surface area contributed by atoms with Crippen LogP contribution in [0.25, 0.3) is 27.8 Å². The Hall–Kier alpha value is -7.53. The van der Waals surface area contributed by atoms with Crippen molar-refractivity contribution >= 4 is 77.6 Å². The number of hydrogen-bond donors (Lipinski definition) is 1. The van der Waals surface area contributed by atoms with Crippen LogP contribution in [0.5, 0.6) is 0 Å². The molecule has 0 radical (unpaired) electrons. The standard InChI is InChI=1S/C23H25N5O6S.C23H23N5O5S/c1-14-4-6-19(7-5-14)35(32,33)28-9-8-20-22(28)24-11-17(26-20)12-25-23(31)21-10-18(34-16(3)30)13-27(21)15(2)29;1-14-4-6-19(7-5-14)34(31,32)27-9-8-20-22(27)24-11-17-12-25-23(28(17)20)21-10-18(33-16(3)30)13-26(21)15(2)29/h4-9,11,18,21H,10,12-13H2,1-3H3,(H,25,31);4-9,11-12,18,21H,10,13H2,1-3H3/t2*18-,21-/m11/s1. The number of esters is 2. The number of benzene rings is 2. The lowest BCUT2D eigenvalue weighted by molar-refractivity contribution is -0.147. The molecule has 23 heteroatoms. The van der Waals surface area contributed by atoms with Gasteiger partial charge in [0.25, 0.3) is 20.0 Å². The van der Waals surface area contributed by atoms with Gasteiger partial charge < -0.3 is 24.6 Å². The van der Waals surface area contributed by atoms with Gasteiger partial charge in [-0.3, -0.25) is 28.4 Å². The Kier molecular flexibility index (Phi) is 13.1. The molecule has 9 rings (SSSR count). The first-order valence-electron chi connectivity index (χ1n) is 21.7. The molecule has 0 saturated carbocycles. The number of likely N-dealkylation sites (tertiary alicyclic amines) is 2. The first-order chi connectivity index (χ1) is 32.7. The van der Waals surface area contributed by atoms with Gasteiger partial charge >= 0.3 is 11.9 Å². The number of fused-ring (bicyclic) bond motifs is 4. The Balaban J connectivity index is 0.000000186. The van der Waals surface area contributed by atoms with E-state index in [0.717, 1.165) is 19.1 Å². The molecule has 3 amide bonds. The van der Waals surface area contributed by atoms with Crippen LogP contribution in [0.1, 0.15) is 69.2 Å². The van der Waals surface area contributed by atoms with Crippen molar-refractivity contribution in [3.05, 3.63) is 114 Å². The number of hydrogen-bond acceptors (Lipinski definition) is 15. The van der Waals surface area contributed by atoms with Crippen LogP contribution in [0.15, 0.2) is 101 Å². The van der Waals surface area contributed by atoms with Gasteiger partial charge in [-0.15, -0.1) is 0 Å². The number of amides is 3. The molecule has 4 atom stereocenters. The normalized spacial score (nSPS) is 18.3. The van der Waals surface area contributed by atoms with Crippen molar-refractivity contribution in [2.24, 2.45) is 0 Å². The van der Waals surface area contributed by atoms with Gasteiger partial charge in [-0.25, -0.2) is 44.7 Å². The molecule has 2 fully saturated rings. The fraction of sp³-hybridized carbons (Fsp3) is 0.326. The highest BCUT2D eigenvalue weighted by Crippen LogP contribution is 2.35.